The van der Waals surface area contributed by atoms with Gasteiger partial charge in [-0.1, -0.05) is 18.2 Å². The van der Waals surface area contributed by atoms with Crippen molar-refractivity contribution in [2.24, 2.45) is 0 Å². The van der Waals surface area contributed by atoms with Crippen molar-refractivity contribution in [3.05, 3.63) is 29.8 Å². The van der Waals surface area contributed by atoms with Crippen molar-refractivity contribution in [2.75, 3.05) is 6.61 Å². The van der Waals surface area contributed by atoms with Gasteiger partial charge in [0.05, 0.1) is 0 Å². The minimum absolute atomic E-state index is 0.117. The first-order valence-corrected chi connectivity index (χ1v) is 4.46. The smallest absolute Gasteiger partial charge is 0.474 e. The van der Waals surface area contributed by atoms with E-state index in [-0.39, 0.29) is 18.8 Å². The van der Waals surface area contributed by atoms with Crippen LogP contribution in [-0.2, 0) is 11.2 Å². The Labute approximate surface area is 90.1 Å². The summed E-state index contributed by atoms with van der Waals surface area (Å²) in [6.07, 6.45) is -4.16. The largest absolute Gasteiger partial charge is 0.501 e. The summed E-state index contributed by atoms with van der Waals surface area (Å²) in [6, 6.07) is 5.72. The maximum Gasteiger partial charge on any atom is 0.501 e. The van der Waals surface area contributed by atoms with Crippen LogP contribution in [0.2, 0.25) is 0 Å². The van der Waals surface area contributed by atoms with E-state index in [2.05, 4.69) is 4.74 Å². The van der Waals surface area contributed by atoms with E-state index in [0.717, 1.165) is 0 Å². The van der Waals surface area contributed by atoms with Gasteiger partial charge in [-0.25, -0.2) is 4.79 Å². The highest BCUT2D eigenvalue weighted by Crippen LogP contribution is 2.25. The highest BCUT2D eigenvalue weighted by atomic mass is 19.3. The van der Waals surface area contributed by atoms with Gasteiger partial charge >= 0.3 is 12.1 Å². The first-order valence-electron chi connectivity index (χ1n) is 4.46. The van der Waals surface area contributed by atoms with Crippen molar-refractivity contribution in [3.63, 3.8) is 0 Å². The summed E-state index contributed by atoms with van der Waals surface area (Å²) in [6.45, 7) is -0.237. The van der Waals surface area contributed by atoms with Crippen molar-refractivity contribution in [1.82, 2.24) is 0 Å². The first-order chi connectivity index (χ1) is 7.47. The fraction of sp³-hybridized carbons (Fsp3) is 0.300. The molecule has 0 amide bonds. The number of carboxylic acid groups (broad SMARTS) is 1. The van der Waals surface area contributed by atoms with E-state index in [1.807, 2.05) is 0 Å². The first kappa shape index (κ1) is 12.4. The molecule has 0 saturated carbocycles. The molecule has 0 bridgehead atoms. The van der Waals surface area contributed by atoms with E-state index >= 15 is 0 Å². The maximum absolute atomic E-state index is 12.8. The van der Waals surface area contributed by atoms with Gasteiger partial charge in [0, 0.05) is 6.61 Å². The molecule has 0 aliphatic rings. The molecule has 1 aromatic rings. The van der Waals surface area contributed by atoms with E-state index in [9.17, 15) is 13.6 Å². The van der Waals surface area contributed by atoms with Gasteiger partial charge < -0.3 is 14.9 Å². The standard InChI is InChI=1S/C10H10F2O4/c11-10(12,9(14)15)16-8-4-2-1-3-7(8)5-6-13/h1-4,13H,5-6H2,(H,14,15). The molecule has 16 heavy (non-hydrogen) atoms. The molecular formula is C10H10F2O4. The van der Waals surface area contributed by atoms with Crippen molar-refractivity contribution < 1.29 is 28.5 Å². The van der Waals surface area contributed by atoms with Crippen LogP contribution in [0.15, 0.2) is 24.3 Å². The van der Waals surface area contributed by atoms with Gasteiger partial charge in [0.1, 0.15) is 5.75 Å². The van der Waals surface area contributed by atoms with Gasteiger partial charge in [0.2, 0.25) is 0 Å². The van der Waals surface area contributed by atoms with Gasteiger partial charge in [-0.15, -0.1) is 0 Å². The van der Waals surface area contributed by atoms with Gasteiger partial charge in [0.15, 0.2) is 0 Å². The van der Waals surface area contributed by atoms with Gasteiger partial charge in [-0.3, -0.25) is 0 Å². The summed E-state index contributed by atoms with van der Waals surface area (Å²) in [4.78, 5) is 10.2. The number of hydrogen-bond donors (Lipinski definition) is 2. The van der Waals surface area contributed by atoms with Crippen molar-refractivity contribution in [3.8, 4) is 5.75 Å². The lowest BCUT2D eigenvalue weighted by molar-refractivity contribution is -0.211. The molecular weight excluding hydrogens is 222 g/mol. The average Bonchev–Trinajstić information content (AvgIpc) is 2.20. The number of rotatable bonds is 5. The molecule has 88 valence electrons. The Morgan fingerprint density at radius 3 is 2.56 bits per heavy atom. The van der Waals surface area contributed by atoms with Crippen LogP contribution in [0.3, 0.4) is 0 Å². The maximum atomic E-state index is 12.8. The normalized spacial score (nSPS) is 11.2. The predicted octanol–water partition coefficient (Wildman–Crippen LogP) is 1.28. The second-order valence-corrected chi connectivity index (χ2v) is 3.01. The Morgan fingerprint density at radius 1 is 1.38 bits per heavy atom. The number of carbonyl (C=O) groups is 1. The zero-order chi connectivity index (χ0) is 12.2. The lowest BCUT2D eigenvalue weighted by Crippen LogP contribution is -2.35. The van der Waals surface area contributed by atoms with Crippen LogP contribution in [0.1, 0.15) is 5.56 Å². The molecule has 1 aromatic carbocycles. The Balaban J connectivity index is 2.92. The third-order valence-corrected chi connectivity index (χ3v) is 1.84. The Bertz CT molecular complexity index is 379. The minimum atomic E-state index is -4.27. The summed E-state index contributed by atoms with van der Waals surface area (Å²) >= 11 is 0. The number of aliphatic hydroxyl groups excluding tert-OH is 1. The molecule has 0 fully saturated rings. The molecule has 0 unspecified atom stereocenters. The number of ether oxygens (including phenoxy) is 1. The molecule has 0 heterocycles. The molecule has 4 nitrogen and oxygen atoms in total. The molecule has 0 aromatic heterocycles. The number of benzene rings is 1. The van der Waals surface area contributed by atoms with Gasteiger partial charge in [0.25, 0.3) is 0 Å². The fourth-order valence-electron chi connectivity index (χ4n) is 1.11. The number of aliphatic carboxylic acids is 1. The Kier molecular flexibility index (Phi) is 3.78. The topological polar surface area (TPSA) is 66.8 Å². The predicted molar refractivity (Wildman–Crippen MR) is 50.4 cm³/mol. The summed E-state index contributed by atoms with van der Waals surface area (Å²) in [5.41, 5.74) is 0.325. The van der Waals surface area contributed by atoms with Crippen LogP contribution >= 0.6 is 0 Å². The lowest BCUT2D eigenvalue weighted by atomic mass is 10.1. The SMILES string of the molecule is O=C(O)C(F)(F)Oc1ccccc1CCO. The average molecular weight is 232 g/mol. The zero-order valence-corrected chi connectivity index (χ0v) is 8.19. The van der Waals surface area contributed by atoms with Crippen molar-refractivity contribution >= 4 is 5.97 Å². The molecule has 0 radical (unpaired) electrons. The highest BCUT2D eigenvalue weighted by Gasteiger charge is 2.42. The quantitative estimate of drug-likeness (QED) is 0.802. The van der Waals surface area contributed by atoms with Crippen LogP contribution in [0.4, 0.5) is 8.78 Å². The summed E-state index contributed by atoms with van der Waals surface area (Å²) in [5.74, 6) is -2.60. The highest BCUT2D eigenvalue weighted by molar-refractivity contribution is 5.74. The van der Waals surface area contributed by atoms with Crippen molar-refractivity contribution in [2.45, 2.75) is 12.5 Å². The number of alkyl halides is 2. The van der Waals surface area contributed by atoms with Crippen LogP contribution in [0, 0.1) is 0 Å². The molecule has 2 N–H and O–H groups in total. The lowest BCUT2D eigenvalue weighted by Gasteiger charge is -2.15. The second kappa shape index (κ2) is 4.89. The zero-order valence-electron chi connectivity index (χ0n) is 8.19. The minimum Gasteiger partial charge on any atom is -0.474 e. The van der Waals surface area contributed by atoms with Crippen molar-refractivity contribution in [1.29, 1.82) is 0 Å². The number of hydrogen-bond acceptors (Lipinski definition) is 3. The molecule has 6 heteroatoms. The number of aliphatic hydroxyl groups is 1. The Hall–Kier alpha value is -1.69. The summed E-state index contributed by atoms with van der Waals surface area (Å²) in [5, 5.41) is 16.9. The number of halogens is 2. The second-order valence-electron chi connectivity index (χ2n) is 3.01. The molecule has 0 spiro atoms. The van der Waals surface area contributed by atoms with E-state index in [4.69, 9.17) is 10.2 Å². The molecule has 0 atom stereocenters. The number of para-hydroxylation sites is 1. The Morgan fingerprint density at radius 2 is 2.00 bits per heavy atom. The van der Waals surface area contributed by atoms with Gasteiger partial charge in [-0.2, -0.15) is 8.78 Å². The molecule has 0 saturated heterocycles. The molecule has 0 aliphatic heterocycles. The third-order valence-electron chi connectivity index (χ3n) is 1.84. The fourth-order valence-corrected chi connectivity index (χ4v) is 1.11. The molecule has 0 aliphatic carbocycles. The van der Waals surface area contributed by atoms with E-state index in [0.29, 0.717) is 5.56 Å². The summed E-state index contributed by atoms with van der Waals surface area (Å²) < 4.78 is 29.6. The van der Waals surface area contributed by atoms with Crippen LogP contribution in [-0.4, -0.2) is 28.9 Å². The van der Waals surface area contributed by atoms with E-state index in [1.54, 1.807) is 6.07 Å². The number of carboxylic acids is 1. The van der Waals surface area contributed by atoms with Crippen LogP contribution < -0.4 is 4.74 Å². The van der Waals surface area contributed by atoms with E-state index < -0.39 is 12.1 Å². The van der Waals surface area contributed by atoms with Crippen LogP contribution in [0.5, 0.6) is 5.75 Å². The monoisotopic (exact) mass is 232 g/mol. The molecule has 1 rings (SSSR count). The van der Waals surface area contributed by atoms with Crippen LogP contribution in [0.25, 0.3) is 0 Å². The third kappa shape index (κ3) is 2.90. The van der Waals surface area contributed by atoms with E-state index in [1.165, 1.54) is 18.2 Å². The summed E-state index contributed by atoms with van der Waals surface area (Å²) in [7, 11) is 0. The van der Waals surface area contributed by atoms with Gasteiger partial charge in [-0.05, 0) is 18.1 Å².